The molecule has 0 aliphatic rings. The average molecular weight is 339 g/mol. The summed E-state index contributed by atoms with van der Waals surface area (Å²) in [6, 6.07) is 10.6. The molecular formula is C16H19BrOS. The lowest BCUT2D eigenvalue weighted by Gasteiger charge is -2.09. The van der Waals surface area contributed by atoms with Gasteiger partial charge in [-0.05, 0) is 56.0 Å². The van der Waals surface area contributed by atoms with Gasteiger partial charge in [0.2, 0.25) is 0 Å². The van der Waals surface area contributed by atoms with Crippen LogP contribution >= 0.6 is 27.3 Å². The van der Waals surface area contributed by atoms with Crippen LogP contribution in [0.15, 0.2) is 30.3 Å². The molecule has 1 unspecified atom stereocenters. The minimum atomic E-state index is 0.452. The summed E-state index contributed by atoms with van der Waals surface area (Å²) in [5.41, 5.74) is 2.76. The van der Waals surface area contributed by atoms with Crippen molar-refractivity contribution in [2.45, 2.75) is 31.5 Å². The van der Waals surface area contributed by atoms with Gasteiger partial charge in [-0.3, -0.25) is 0 Å². The molecule has 0 radical (unpaired) electrons. The number of aryl methyl sites for hydroxylation is 3. The summed E-state index contributed by atoms with van der Waals surface area (Å²) in [5.74, 6) is 0.920. The third kappa shape index (κ3) is 3.83. The van der Waals surface area contributed by atoms with Crippen LogP contribution in [0.5, 0.6) is 5.75 Å². The van der Waals surface area contributed by atoms with E-state index in [2.05, 4.69) is 48.0 Å². The van der Waals surface area contributed by atoms with Crippen LogP contribution in [0.3, 0.4) is 0 Å². The molecule has 0 amide bonds. The lowest BCUT2D eigenvalue weighted by atomic mass is 10.1. The molecule has 1 aromatic heterocycles. The number of methoxy groups -OCH3 is 1. The molecule has 0 bridgehead atoms. The van der Waals surface area contributed by atoms with E-state index in [1.165, 1.54) is 20.9 Å². The molecule has 0 saturated heterocycles. The Bertz CT molecular complexity index is 530. The number of hydrogen-bond donors (Lipinski definition) is 0. The van der Waals surface area contributed by atoms with Crippen molar-refractivity contribution in [3.63, 3.8) is 0 Å². The Hall–Kier alpha value is -0.800. The Kier molecular flexibility index (Phi) is 5.06. The first-order valence-corrected chi connectivity index (χ1v) is 8.17. The van der Waals surface area contributed by atoms with Crippen molar-refractivity contribution in [1.29, 1.82) is 0 Å². The highest BCUT2D eigenvalue weighted by Crippen LogP contribution is 2.36. The zero-order valence-electron chi connectivity index (χ0n) is 11.6. The normalized spacial score (nSPS) is 12.4. The van der Waals surface area contributed by atoms with Gasteiger partial charge >= 0.3 is 0 Å². The number of halogens is 1. The third-order valence-corrected chi connectivity index (χ3v) is 5.69. The van der Waals surface area contributed by atoms with E-state index < -0.39 is 0 Å². The van der Waals surface area contributed by atoms with Crippen LogP contribution in [0.2, 0.25) is 0 Å². The highest BCUT2D eigenvalue weighted by atomic mass is 79.9. The number of hydrogen-bond acceptors (Lipinski definition) is 2. The predicted molar refractivity (Wildman–Crippen MR) is 86.8 cm³/mol. The van der Waals surface area contributed by atoms with E-state index in [1.807, 2.05) is 23.5 Å². The highest BCUT2D eigenvalue weighted by molar-refractivity contribution is 9.09. The second-order valence-electron chi connectivity index (χ2n) is 4.76. The lowest BCUT2D eigenvalue weighted by molar-refractivity contribution is 0.414. The Labute approximate surface area is 127 Å². The maximum absolute atomic E-state index is 5.17. The summed E-state index contributed by atoms with van der Waals surface area (Å²) >= 11 is 5.72. The first-order chi connectivity index (χ1) is 9.10. The monoisotopic (exact) mass is 338 g/mol. The molecule has 1 atom stereocenters. The summed E-state index contributed by atoms with van der Waals surface area (Å²) in [7, 11) is 1.70. The molecule has 3 heteroatoms. The first-order valence-electron chi connectivity index (χ1n) is 6.44. The van der Waals surface area contributed by atoms with Crippen molar-refractivity contribution in [2.24, 2.45) is 0 Å². The minimum absolute atomic E-state index is 0.452. The molecule has 0 N–H and O–H groups in total. The largest absolute Gasteiger partial charge is 0.497 e. The van der Waals surface area contributed by atoms with Gasteiger partial charge in [-0.1, -0.05) is 28.1 Å². The molecule has 1 nitrogen and oxygen atoms in total. The van der Waals surface area contributed by atoms with Crippen molar-refractivity contribution in [3.8, 4) is 5.75 Å². The van der Waals surface area contributed by atoms with E-state index in [1.54, 1.807) is 7.11 Å². The van der Waals surface area contributed by atoms with E-state index >= 15 is 0 Å². The number of rotatable bonds is 5. The molecule has 0 fully saturated rings. The number of thiophene rings is 1. The maximum atomic E-state index is 5.17. The highest BCUT2D eigenvalue weighted by Gasteiger charge is 2.13. The maximum Gasteiger partial charge on any atom is 0.118 e. The van der Waals surface area contributed by atoms with Gasteiger partial charge < -0.3 is 4.74 Å². The standard InChI is InChI=1S/C16H19BrOS/c1-11-10-12(2)19-16(11)15(17)9-6-13-4-7-14(18-3)8-5-13/h4-5,7-8,10,15H,6,9H2,1-3H3. The second kappa shape index (κ2) is 6.58. The van der Waals surface area contributed by atoms with Crippen LogP contribution in [-0.4, -0.2) is 7.11 Å². The van der Waals surface area contributed by atoms with Gasteiger partial charge in [0.05, 0.1) is 7.11 Å². The summed E-state index contributed by atoms with van der Waals surface area (Å²) in [5, 5.41) is 0. The van der Waals surface area contributed by atoms with Crippen molar-refractivity contribution < 1.29 is 4.74 Å². The Morgan fingerprint density at radius 1 is 1.21 bits per heavy atom. The Morgan fingerprint density at radius 3 is 2.42 bits per heavy atom. The third-order valence-electron chi connectivity index (χ3n) is 3.21. The molecule has 1 aromatic carbocycles. The van der Waals surface area contributed by atoms with Crippen molar-refractivity contribution in [3.05, 3.63) is 51.2 Å². The topological polar surface area (TPSA) is 9.23 Å². The molecular weight excluding hydrogens is 320 g/mol. The van der Waals surface area contributed by atoms with Crippen molar-refractivity contribution >= 4 is 27.3 Å². The minimum Gasteiger partial charge on any atom is -0.497 e. The molecule has 102 valence electrons. The Morgan fingerprint density at radius 2 is 1.89 bits per heavy atom. The smallest absolute Gasteiger partial charge is 0.118 e. The lowest BCUT2D eigenvalue weighted by Crippen LogP contribution is -1.93. The zero-order chi connectivity index (χ0) is 13.8. The van der Waals surface area contributed by atoms with E-state index in [9.17, 15) is 0 Å². The quantitative estimate of drug-likeness (QED) is 0.659. The van der Waals surface area contributed by atoms with Gasteiger partial charge in [-0.15, -0.1) is 11.3 Å². The summed E-state index contributed by atoms with van der Waals surface area (Å²) in [6.07, 6.45) is 2.20. The van der Waals surface area contributed by atoms with Gasteiger partial charge in [-0.2, -0.15) is 0 Å². The van der Waals surface area contributed by atoms with Gasteiger partial charge in [0.1, 0.15) is 5.75 Å². The fraction of sp³-hybridized carbons (Fsp3) is 0.375. The zero-order valence-corrected chi connectivity index (χ0v) is 14.0. The molecule has 0 aliphatic carbocycles. The van der Waals surface area contributed by atoms with Crippen LogP contribution < -0.4 is 4.74 Å². The fourth-order valence-electron chi connectivity index (χ4n) is 2.19. The Balaban J connectivity index is 1.96. The number of benzene rings is 1. The molecule has 2 aromatic rings. The van der Waals surface area contributed by atoms with Crippen LogP contribution in [0.25, 0.3) is 0 Å². The fourth-order valence-corrected chi connectivity index (χ4v) is 4.11. The van der Waals surface area contributed by atoms with Crippen LogP contribution in [0.4, 0.5) is 0 Å². The van der Waals surface area contributed by atoms with E-state index in [0.717, 1.165) is 18.6 Å². The van der Waals surface area contributed by atoms with E-state index in [4.69, 9.17) is 4.74 Å². The first kappa shape index (κ1) is 14.6. The molecule has 19 heavy (non-hydrogen) atoms. The summed E-state index contributed by atoms with van der Waals surface area (Å²) in [4.78, 5) is 3.31. The molecule has 0 aliphatic heterocycles. The molecule has 0 saturated carbocycles. The average Bonchev–Trinajstić information content (AvgIpc) is 2.75. The summed E-state index contributed by atoms with van der Waals surface area (Å²) in [6.45, 7) is 4.37. The van der Waals surface area contributed by atoms with Crippen LogP contribution in [-0.2, 0) is 6.42 Å². The van der Waals surface area contributed by atoms with Gasteiger partial charge in [0, 0.05) is 14.6 Å². The number of ether oxygens (including phenoxy) is 1. The predicted octanol–water partition coefficient (Wildman–Crippen LogP) is 5.44. The van der Waals surface area contributed by atoms with Crippen LogP contribution in [0, 0.1) is 13.8 Å². The molecule has 1 heterocycles. The van der Waals surface area contributed by atoms with E-state index in [0.29, 0.717) is 4.83 Å². The second-order valence-corrected chi connectivity index (χ2v) is 7.15. The van der Waals surface area contributed by atoms with Gasteiger partial charge in [0.25, 0.3) is 0 Å². The SMILES string of the molecule is COc1ccc(CCC(Br)c2sc(C)cc2C)cc1. The van der Waals surface area contributed by atoms with E-state index in [-0.39, 0.29) is 0 Å². The molecule has 0 spiro atoms. The van der Waals surface area contributed by atoms with Gasteiger partial charge in [0.15, 0.2) is 0 Å². The van der Waals surface area contributed by atoms with Gasteiger partial charge in [-0.25, -0.2) is 0 Å². The van der Waals surface area contributed by atoms with Crippen molar-refractivity contribution in [2.75, 3.05) is 7.11 Å². The number of alkyl halides is 1. The summed E-state index contributed by atoms with van der Waals surface area (Å²) < 4.78 is 5.17. The van der Waals surface area contributed by atoms with Crippen LogP contribution in [0.1, 0.15) is 32.1 Å². The molecule has 2 rings (SSSR count). The van der Waals surface area contributed by atoms with Crippen molar-refractivity contribution in [1.82, 2.24) is 0 Å².